The van der Waals surface area contributed by atoms with Crippen LogP contribution >= 0.6 is 0 Å². The third-order valence-electron chi connectivity index (χ3n) is 3.88. The summed E-state index contributed by atoms with van der Waals surface area (Å²) in [5, 5.41) is 9.21. The number of sulfonamides is 1. The lowest BCUT2D eigenvalue weighted by Crippen LogP contribution is -2.51. The maximum Gasteiger partial charge on any atom is 0.243 e. The average Bonchev–Trinajstić information content (AvgIpc) is 2.43. The Kier molecular flexibility index (Phi) is 4.57. The van der Waals surface area contributed by atoms with Crippen LogP contribution in [-0.2, 0) is 14.8 Å². The second kappa shape index (κ2) is 5.92. The van der Waals surface area contributed by atoms with Gasteiger partial charge in [0.05, 0.1) is 24.2 Å². The lowest BCUT2D eigenvalue weighted by Gasteiger charge is -2.36. The molecule has 1 aromatic rings. The van der Waals surface area contributed by atoms with E-state index in [0.29, 0.717) is 11.3 Å². The molecule has 0 saturated carbocycles. The zero-order valence-electron chi connectivity index (χ0n) is 12.5. The molecule has 1 fully saturated rings. The van der Waals surface area contributed by atoms with Crippen molar-refractivity contribution in [3.05, 3.63) is 23.3 Å². The van der Waals surface area contributed by atoms with Gasteiger partial charge in [0.15, 0.2) is 0 Å². The summed E-state index contributed by atoms with van der Waals surface area (Å²) in [7, 11) is -3.67. The van der Waals surface area contributed by atoms with Gasteiger partial charge in [0, 0.05) is 18.3 Å². The SMILES string of the molecule is Cc1cc(N)cc(S(=O)(=O)N2CC(CO)OCC2C)c1C. The standard InChI is InChI=1S/C14H22N2O4S/c1-9-4-12(15)5-14(11(9)3)21(18,19)16-6-13(7-17)20-8-10(16)2/h4-5,10,13,17H,6-8,15H2,1-3H3. The first-order valence-electron chi connectivity index (χ1n) is 6.88. The number of ether oxygens (including phenoxy) is 1. The normalized spacial score (nSPS) is 24.2. The van der Waals surface area contributed by atoms with Gasteiger partial charge in [-0.1, -0.05) is 0 Å². The van der Waals surface area contributed by atoms with Gasteiger partial charge < -0.3 is 15.6 Å². The van der Waals surface area contributed by atoms with Crippen LogP contribution in [0.3, 0.4) is 0 Å². The molecular weight excluding hydrogens is 292 g/mol. The van der Waals surface area contributed by atoms with Gasteiger partial charge in [0.2, 0.25) is 10.0 Å². The van der Waals surface area contributed by atoms with E-state index in [9.17, 15) is 13.5 Å². The molecule has 0 bridgehead atoms. The monoisotopic (exact) mass is 314 g/mol. The summed E-state index contributed by atoms with van der Waals surface area (Å²) < 4.78 is 32.6. The van der Waals surface area contributed by atoms with Crippen molar-refractivity contribution in [3.8, 4) is 0 Å². The van der Waals surface area contributed by atoms with Gasteiger partial charge in [0.1, 0.15) is 0 Å². The van der Waals surface area contributed by atoms with Crippen LogP contribution in [0, 0.1) is 13.8 Å². The van der Waals surface area contributed by atoms with Crippen LogP contribution in [0.2, 0.25) is 0 Å². The number of nitrogens with zero attached hydrogens (tertiary/aromatic N) is 1. The molecule has 1 aliphatic rings. The van der Waals surface area contributed by atoms with E-state index in [1.54, 1.807) is 19.9 Å². The number of benzene rings is 1. The van der Waals surface area contributed by atoms with E-state index < -0.39 is 16.1 Å². The summed E-state index contributed by atoms with van der Waals surface area (Å²) in [6.45, 7) is 5.62. The summed E-state index contributed by atoms with van der Waals surface area (Å²) in [4.78, 5) is 0.227. The topological polar surface area (TPSA) is 92.9 Å². The van der Waals surface area contributed by atoms with E-state index in [0.717, 1.165) is 5.56 Å². The van der Waals surface area contributed by atoms with Crippen molar-refractivity contribution in [2.45, 2.75) is 37.8 Å². The molecule has 2 atom stereocenters. The first kappa shape index (κ1) is 16.2. The third-order valence-corrected chi connectivity index (χ3v) is 5.99. The number of hydrogen-bond donors (Lipinski definition) is 2. The summed E-state index contributed by atoms with van der Waals surface area (Å²) in [5.41, 5.74) is 7.76. The van der Waals surface area contributed by atoms with Gasteiger partial charge in [-0.15, -0.1) is 0 Å². The van der Waals surface area contributed by atoms with Crippen LogP contribution in [0.4, 0.5) is 5.69 Å². The molecule has 2 rings (SSSR count). The van der Waals surface area contributed by atoms with Crippen LogP contribution in [0.1, 0.15) is 18.1 Å². The largest absolute Gasteiger partial charge is 0.399 e. The number of nitrogen functional groups attached to an aromatic ring is 1. The zero-order valence-corrected chi connectivity index (χ0v) is 13.4. The van der Waals surface area contributed by atoms with Crippen molar-refractivity contribution < 1.29 is 18.3 Å². The zero-order chi connectivity index (χ0) is 15.8. The Morgan fingerprint density at radius 3 is 2.71 bits per heavy atom. The molecule has 21 heavy (non-hydrogen) atoms. The maximum atomic E-state index is 12.9. The number of morpholine rings is 1. The van der Waals surface area contributed by atoms with E-state index in [1.165, 1.54) is 10.4 Å². The smallest absolute Gasteiger partial charge is 0.243 e. The van der Waals surface area contributed by atoms with Crippen molar-refractivity contribution in [1.29, 1.82) is 0 Å². The minimum absolute atomic E-state index is 0.146. The molecule has 0 aliphatic carbocycles. The maximum absolute atomic E-state index is 12.9. The molecule has 6 nitrogen and oxygen atoms in total. The Morgan fingerprint density at radius 2 is 2.10 bits per heavy atom. The summed E-state index contributed by atoms with van der Waals surface area (Å²) in [5.74, 6) is 0. The molecule has 0 amide bonds. The predicted molar refractivity (Wildman–Crippen MR) is 80.5 cm³/mol. The minimum Gasteiger partial charge on any atom is -0.399 e. The minimum atomic E-state index is -3.67. The van der Waals surface area contributed by atoms with Crippen LogP contribution in [0.15, 0.2) is 17.0 Å². The molecule has 2 unspecified atom stereocenters. The molecule has 1 saturated heterocycles. The van der Waals surface area contributed by atoms with Crippen LogP contribution < -0.4 is 5.73 Å². The van der Waals surface area contributed by atoms with Crippen molar-refractivity contribution in [2.75, 3.05) is 25.5 Å². The highest BCUT2D eigenvalue weighted by molar-refractivity contribution is 7.89. The molecular formula is C14H22N2O4S. The van der Waals surface area contributed by atoms with Crippen molar-refractivity contribution >= 4 is 15.7 Å². The Balaban J connectivity index is 2.46. The van der Waals surface area contributed by atoms with Crippen LogP contribution in [-0.4, -0.2) is 49.7 Å². The number of aryl methyl sites for hydroxylation is 1. The van der Waals surface area contributed by atoms with Crippen molar-refractivity contribution in [2.24, 2.45) is 0 Å². The van der Waals surface area contributed by atoms with Gasteiger partial charge >= 0.3 is 0 Å². The molecule has 0 aromatic heterocycles. The van der Waals surface area contributed by atoms with Crippen molar-refractivity contribution in [1.82, 2.24) is 4.31 Å². The first-order chi connectivity index (χ1) is 9.77. The lowest BCUT2D eigenvalue weighted by atomic mass is 10.1. The number of aliphatic hydroxyl groups excluding tert-OH is 1. The Hall–Kier alpha value is -1.15. The highest BCUT2D eigenvalue weighted by atomic mass is 32.2. The van der Waals surface area contributed by atoms with Gasteiger partial charge in [-0.2, -0.15) is 4.31 Å². The summed E-state index contributed by atoms with van der Waals surface area (Å²) in [6.07, 6.45) is -0.488. The molecule has 118 valence electrons. The summed E-state index contributed by atoms with van der Waals surface area (Å²) >= 11 is 0. The molecule has 1 aliphatic heterocycles. The fourth-order valence-electron chi connectivity index (χ4n) is 2.49. The molecule has 3 N–H and O–H groups in total. The van der Waals surface area contributed by atoms with Gasteiger partial charge in [-0.25, -0.2) is 8.42 Å². The molecule has 7 heteroatoms. The number of nitrogens with two attached hydrogens (primary N) is 1. The fourth-order valence-corrected chi connectivity index (χ4v) is 4.47. The van der Waals surface area contributed by atoms with E-state index in [1.807, 2.05) is 6.92 Å². The van der Waals surface area contributed by atoms with E-state index in [4.69, 9.17) is 10.5 Å². The van der Waals surface area contributed by atoms with E-state index in [2.05, 4.69) is 0 Å². The molecule has 1 aromatic carbocycles. The van der Waals surface area contributed by atoms with Gasteiger partial charge in [0.25, 0.3) is 0 Å². The fraction of sp³-hybridized carbons (Fsp3) is 0.571. The van der Waals surface area contributed by atoms with E-state index >= 15 is 0 Å². The van der Waals surface area contributed by atoms with E-state index in [-0.39, 0.29) is 30.7 Å². The quantitative estimate of drug-likeness (QED) is 0.799. The van der Waals surface area contributed by atoms with Gasteiger partial charge in [-0.3, -0.25) is 0 Å². The Bertz CT molecular complexity index is 630. The average molecular weight is 314 g/mol. The van der Waals surface area contributed by atoms with Crippen LogP contribution in [0.5, 0.6) is 0 Å². The predicted octanol–water partition coefficient (Wildman–Crippen LogP) is 0.656. The first-order valence-corrected chi connectivity index (χ1v) is 8.32. The number of anilines is 1. The molecule has 1 heterocycles. The third kappa shape index (κ3) is 3.06. The highest BCUT2D eigenvalue weighted by Crippen LogP contribution is 2.28. The van der Waals surface area contributed by atoms with Crippen LogP contribution in [0.25, 0.3) is 0 Å². The van der Waals surface area contributed by atoms with Crippen molar-refractivity contribution in [3.63, 3.8) is 0 Å². The summed E-state index contributed by atoms with van der Waals surface area (Å²) in [6, 6.07) is 2.97. The van der Waals surface area contributed by atoms with Gasteiger partial charge in [-0.05, 0) is 44.0 Å². The second-order valence-electron chi connectivity index (χ2n) is 5.52. The number of rotatable bonds is 3. The lowest BCUT2D eigenvalue weighted by molar-refractivity contribution is -0.0516. The second-order valence-corrected chi connectivity index (χ2v) is 7.38. The Labute approximate surface area is 125 Å². The molecule has 0 radical (unpaired) electrons. The highest BCUT2D eigenvalue weighted by Gasteiger charge is 2.36. The number of aliphatic hydroxyl groups is 1. The molecule has 0 spiro atoms. The Morgan fingerprint density at radius 1 is 1.43 bits per heavy atom. The number of hydrogen-bond acceptors (Lipinski definition) is 5.